The van der Waals surface area contributed by atoms with Gasteiger partial charge in [0.15, 0.2) is 0 Å². The maximum absolute atomic E-state index is 12.7. The van der Waals surface area contributed by atoms with Gasteiger partial charge in [-0.15, -0.1) is 0 Å². The van der Waals surface area contributed by atoms with Gasteiger partial charge in [0.25, 0.3) is 11.8 Å². The van der Waals surface area contributed by atoms with Gasteiger partial charge >= 0.3 is 0 Å². The van der Waals surface area contributed by atoms with Gasteiger partial charge in [-0.05, 0) is 42.3 Å². The molecule has 5 nitrogen and oxygen atoms in total. The number of amides is 1. The molecule has 0 bridgehead atoms. The lowest BCUT2D eigenvalue weighted by Crippen LogP contribution is -2.30. The van der Waals surface area contributed by atoms with Crippen LogP contribution in [-0.4, -0.2) is 17.6 Å². The lowest BCUT2D eigenvalue weighted by atomic mass is 10.2. The molecular formula is C20H20N2O3. The van der Waals surface area contributed by atoms with Crippen LogP contribution in [0.15, 0.2) is 65.2 Å². The van der Waals surface area contributed by atoms with Gasteiger partial charge in [0.2, 0.25) is 5.76 Å². The summed E-state index contributed by atoms with van der Waals surface area (Å²) >= 11 is 0. The van der Waals surface area contributed by atoms with Crippen molar-refractivity contribution < 1.29 is 14.1 Å². The number of carbonyl (C=O) groups is 1. The van der Waals surface area contributed by atoms with Crippen LogP contribution in [0, 0.1) is 6.92 Å². The Hall–Kier alpha value is -3.08. The Morgan fingerprint density at radius 2 is 1.92 bits per heavy atom. The zero-order valence-corrected chi connectivity index (χ0v) is 14.3. The van der Waals surface area contributed by atoms with Crippen molar-refractivity contribution >= 4 is 11.6 Å². The Morgan fingerprint density at radius 3 is 2.64 bits per heavy atom. The van der Waals surface area contributed by atoms with E-state index < -0.39 is 0 Å². The number of hydrogen-bond donors (Lipinski definition) is 0. The van der Waals surface area contributed by atoms with E-state index in [1.54, 1.807) is 4.90 Å². The first-order valence-electron chi connectivity index (χ1n) is 8.19. The number of nitrogens with zero attached hydrogens (tertiary/aromatic N) is 2. The Bertz CT molecular complexity index is 843. The SMILES string of the molecule is CCN(C(=O)c1cc(OCc2ccccc2)no1)c1cccc(C)c1. The molecule has 3 rings (SSSR count). The van der Waals surface area contributed by atoms with Crippen LogP contribution in [-0.2, 0) is 6.61 Å². The van der Waals surface area contributed by atoms with E-state index in [2.05, 4.69) is 5.16 Å². The van der Waals surface area contributed by atoms with E-state index in [4.69, 9.17) is 9.26 Å². The van der Waals surface area contributed by atoms with Crippen LogP contribution in [0.3, 0.4) is 0 Å². The smallest absolute Gasteiger partial charge is 0.297 e. The van der Waals surface area contributed by atoms with Crippen LogP contribution in [0.1, 0.15) is 28.6 Å². The van der Waals surface area contributed by atoms with Crippen molar-refractivity contribution in [1.29, 1.82) is 0 Å². The van der Waals surface area contributed by atoms with Gasteiger partial charge in [0.05, 0.1) is 6.07 Å². The van der Waals surface area contributed by atoms with Crippen LogP contribution in [0.25, 0.3) is 0 Å². The van der Waals surface area contributed by atoms with Gasteiger partial charge in [0, 0.05) is 12.2 Å². The summed E-state index contributed by atoms with van der Waals surface area (Å²) < 4.78 is 10.8. The molecule has 0 atom stereocenters. The molecule has 5 heteroatoms. The summed E-state index contributed by atoms with van der Waals surface area (Å²) in [6.07, 6.45) is 0. The molecule has 0 N–H and O–H groups in total. The number of aromatic nitrogens is 1. The predicted molar refractivity (Wildman–Crippen MR) is 95.8 cm³/mol. The largest absolute Gasteiger partial charge is 0.471 e. The summed E-state index contributed by atoms with van der Waals surface area (Å²) in [4.78, 5) is 14.4. The molecule has 0 radical (unpaired) electrons. The van der Waals surface area contributed by atoms with Crippen molar-refractivity contribution in [1.82, 2.24) is 5.16 Å². The number of aryl methyl sites for hydroxylation is 1. The molecular weight excluding hydrogens is 316 g/mol. The highest BCUT2D eigenvalue weighted by atomic mass is 16.5. The molecule has 1 aromatic heterocycles. The summed E-state index contributed by atoms with van der Waals surface area (Å²) in [5.74, 6) is 0.217. The van der Waals surface area contributed by atoms with E-state index in [1.807, 2.05) is 68.4 Å². The molecule has 0 aliphatic carbocycles. The first kappa shape index (κ1) is 16.8. The fourth-order valence-electron chi connectivity index (χ4n) is 2.53. The average molecular weight is 336 g/mol. The second-order valence-corrected chi connectivity index (χ2v) is 5.69. The van der Waals surface area contributed by atoms with Gasteiger partial charge in [0.1, 0.15) is 6.61 Å². The van der Waals surface area contributed by atoms with Crippen LogP contribution < -0.4 is 9.64 Å². The topological polar surface area (TPSA) is 55.6 Å². The van der Waals surface area contributed by atoms with Gasteiger partial charge in [-0.1, -0.05) is 42.5 Å². The van der Waals surface area contributed by atoms with Crippen molar-refractivity contribution in [3.63, 3.8) is 0 Å². The quantitative estimate of drug-likeness (QED) is 0.676. The third kappa shape index (κ3) is 4.07. The first-order valence-corrected chi connectivity index (χ1v) is 8.19. The zero-order chi connectivity index (χ0) is 17.6. The Balaban J connectivity index is 1.71. The molecule has 25 heavy (non-hydrogen) atoms. The van der Waals surface area contributed by atoms with E-state index in [1.165, 1.54) is 6.07 Å². The second kappa shape index (κ2) is 7.66. The van der Waals surface area contributed by atoms with Crippen molar-refractivity contribution in [3.8, 4) is 5.88 Å². The molecule has 1 amide bonds. The van der Waals surface area contributed by atoms with E-state index >= 15 is 0 Å². The molecule has 0 fully saturated rings. The number of hydrogen-bond acceptors (Lipinski definition) is 4. The minimum Gasteiger partial charge on any atom is -0.471 e. The monoisotopic (exact) mass is 336 g/mol. The number of rotatable bonds is 6. The van der Waals surface area contributed by atoms with Crippen molar-refractivity contribution in [2.75, 3.05) is 11.4 Å². The second-order valence-electron chi connectivity index (χ2n) is 5.69. The van der Waals surface area contributed by atoms with Gasteiger partial charge in [-0.2, -0.15) is 0 Å². The zero-order valence-electron chi connectivity index (χ0n) is 14.3. The molecule has 0 saturated carbocycles. The molecule has 0 aliphatic rings. The molecule has 0 aliphatic heterocycles. The van der Waals surface area contributed by atoms with E-state index in [0.29, 0.717) is 19.0 Å². The lowest BCUT2D eigenvalue weighted by molar-refractivity contribution is 0.0952. The third-order valence-corrected chi connectivity index (χ3v) is 3.80. The number of ether oxygens (including phenoxy) is 1. The summed E-state index contributed by atoms with van der Waals surface area (Å²) in [5.41, 5.74) is 2.94. The number of anilines is 1. The van der Waals surface area contributed by atoms with Crippen molar-refractivity contribution in [3.05, 3.63) is 77.6 Å². The van der Waals surface area contributed by atoms with E-state index in [9.17, 15) is 4.79 Å². The lowest BCUT2D eigenvalue weighted by Gasteiger charge is -2.19. The summed E-state index contributed by atoms with van der Waals surface area (Å²) in [5, 5.41) is 3.84. The van der Waals surface area contributed by atoms with E-state index in [-0.39, 0.29) is 11.7 Å². The van der Waals surface area contributed by atoms with Crippen LogP contribution >= 0.6 is 0 Å². The Morgan fingerprint density at radius 1 is 1.12 bits per heavy atom. The van der Waals surface area contributed by atoms with E-state index in [0.717, 1.165) is 16.8 Å². The predicted octanol–water partition coefficient (Wildman–Crippen LogP) is 4.23. The fourth-order valence-corrected chi connectivity index (χ4v) is 2.53. The average Bonchev–Trinajstić information content (AvgIpc) is 3.10. The molecule has 3 aromatic rings. The molecule has 0 spiro atoms. The first-order chi connectivity index (χ1) is 12.2. The van der Waals surface area contributed by atoms with Crippen LogP contribution in [0.4, 0.5) is 5.69 Å². The van der Waals surface area contributed by atoms with Crippen molar-refractivity contribution in [2.24, 2.45) is 0 Å². The fraction of sp³-hybridized carbons (Fsp3) is 0.200. The number of benzene rings is 2. The van der Waals surface area contributed by atoms with Crippen molar-refractivity contribution in [2.45, 2.75) is 20.5 Å². The maximum Gasteiger partial charge on any atom is 0.297 e. The molecule has 0 saturated heterocycles. The molecule has 1 heterocycles. The molecule has 2 aromatic carbocycles. The minimum atomic E-state index is -0.241. The maximum atomic E-state index is 12.7. The standard InChI is InChI=1S/C20H20N2O3/c1-3-22(17-11-7-8-15(2)12-17)20(23)18-13-19(21-25-18)24-14-16-9-5-4-6-10-16/h4-13H,3,14H2,1-2H3. The Labute approximate surface area is 146 Å². The molecule has 0 unspecified atom stereocenters. The highest BCUT2D eigenvalue weighted by Gasteiger charge is 2.21. The normalized spacial score (nSPS) is 10.5. The summed E-state index contributed by atoms with van der Waals surface area (Å²) in [7, 11) is 0. The highest BCUT2D eigenvalue weighted by molar-refractivity contribution is 6.04. The van der Waals surface area contributed by atoms with Gasteiger partial charge in [-0.3, -0.25) is 4.79 Å². The summed E-state index contributed by atoms with van der Waals surface area (Å²) in [6, 6.07) is 19.1. The Kier molecular flexibility index (Phi) is 5.14. The van der Waals surface area contributed by atoms with Crippen LogP contribution in [0.2, 0.25) is 0 Å². The number of carbonyl (C=O) groups excluding carboxylic acids is 1. The van der Waals surface area contributed by atoms with Crippen LogP contribution in [0.5, 0.6) is 5.88 Å². The summed E-state index contributed by atoms with van der Waals surface area (Å²) in [6.45, 7) is 4.81. The third-order valence-electron chi connectivity index (χ3n) is 3.80. The minimum absolute atomic E-state index is 0.159. The van der Waals surface area contributed by atoms with Gasteiger partial charge < -0.3 is 14.2 Å². The molecule has 128 valence electrons. The van der Waals surface area contributed by atoms with Gasteiger partial charge in [-0.25, -0.2) is 0 Å². The highest BCUT2D eigenvalue weighted by Crippen LogP contribution is 2.21.